The Balaban J connectivity index is 2.56. The monoisotopic (exact) mass is 291 g/mol. The molecule has 5 heteroatoms. The first kappa shape index (κ1) is 17.2. The molecule has 21 heavy (non-hydrogen) atoms. The highest BCUT2D eigenvalue weighted by Gasteiger charge is 2.25. The maximum absolute atomic E-state index is 11.9. The molecule has 0 aliphatic rings. The summed E-state index contributed by atoms with van der Waals surface area (Å²) in [7, 11) is 0. The summed E-state index contributed by atoms with van der Waals surface area (Å²) in [5.74, 6) is -0.134. The molecule has 0 heterocycles. The summed E-state index contributed by atoms with van der Waals surface area (Å²) in [6, 6.07) is 7.42. The largest absolute Gasteiger partial charge is 0.352 e. The summed E-state index contributed by atoms with van der Waals surface area (Å²) in [6.45, 7) is 8.07. The highest BCUT2D eigenvalue weighted by molar-refractivity contribution is 5.92. The van der Waals surface area contributed by atoms with Gasteiger partial charge in [-0.25, -0.2) is 0 Å². The highest BCUT2D eigenvalue weighted by atomic mass is 16.2. The molecule has 5 nitrogen and oxygen atoms in total. The molecule has 0 aliphatic heterocycles. The van der Waals surface area contributed by atoms with E-state index in [0.717, 1.165) is 11.3 Å². The summed E-state index contributed by atoms with van der Waals surface area (Å²) in [5, 5.41) is 5.69. The molecular weight excluding hydrogens is 266 g/mol. The van der Waals surface area contributed by atoms with Crippen LogP contribution in [-0.2, 0) is 16.1 Å². The number of carbonyl (C=O) groups is 2. The van der Waals surface area contributed by atoms with E-state index in [1.807, 2.05) is 52.0 Å². The van der Waals surface area contributed by atoms with Crippen molar-refractivity contribution in [2.45, 2.75) is 34.2 Å². The quantitative estimate of drug-likeness (QED) is 0.748. The van der Waals surface area contributed by atoms with Crippen LogP contribution in [0.15, 0.2) is 24.3 Å². The number of carbonyl (C=O) groups excluding carboxylic acids is 2. The van der Waals surface area contributed by atoms with Gasteiger partial charge in [-0.1, -0.05) is 26.0 Å². The minimum absolute atomic E-state index is 0.0132. The van der Waals surface area contributed by atoms with Gasteiger partial charge in [0, 0.05) is 24.7 Å². The van der Waals surface area contributed by atoms with E-state index in [4.69, 9.17) is 5.73 Å². The first-order valence-corrected chi connectivity index (χ1v) is 7.14. The van der Waals surface area contributed by atoms with E-state index in [1.54, 1.807) is 0 Å². The number of rotatable bonds is 6. The van der Waals surface area contributed by atoms with Crippen LogP contribution in [0, 0.1) is 11.3 Å². The zero-order chi connectivity index (χ0) is 16.0. The van der Waals surface area contributed by atoms with Gasteiger partial charge in [0.2, 0.25) is 11.8 Å². The third kappa shape index (κ3) is 5.19. The van der Waals surface area contributed by atoms with Crippen molar-refractivity contribution in [3.63, 3.8) is 0 Å². The van der Waals surface area contributed by atoms with Gasteiger partial charge in [0.1, 0.15) is 0 Å². The van der Waals surface area contributed by atoms with E-state index >= 15 is 0 Å². The molecule has 0 bridgehead atoms. The van der Waals surface area contributed by atoms with E-state index < -0.39 is 5.41 Å². The van der Waals surface area contributed by atoms with Crippen molar-refractivity contribution in [3.8, 4) is 0 Å². The minimum atomic E-state index is -0.564. The van der Waals surface area contributed by atoms with E-state index in [1.165, 1.54) is 0 Å². The SMILES string of the molecule is CC(C)C(=O)Nc1ccc(CNC(=O)C(C)(C)CN)cc1. The van der Waals surface area contributed by atoms with Crippen molar-refractivity contribution in [2.24, 2.45) is 17.1 Å². The van der Waals surface area contributed by atoms with Gasteiger partial charge in [0.25, 0.3) is 0 Å². The second kappa shape index (κ2) is 7.22. The van der Waals surface area contributed by atoms with Crippen LogP contribution >= 0.6 is 0 Å². The summed E-state index contributed by atoms with van der Waals surface area (Å²) in [5.41, 5.74) is 6.73. The maximum Gasteiger partial charge on any atom is 0.227 e. The van der Waals surface area contributed by atoms with Gasteiger partial charge >= 0.3 is 0 Å². The number of anilines is 1. The summed E-state index contributed by atoms with van der Waals surface area (Å²) in [6.07, 6.45) is 0. The van der Waals surface area contributed by atoms with Gasteiger partial charge < -0.3 is 16.4 Å². The Morgan fingerprint density at radius 1 is 1.19 bits per heavy atom. The molecule has 0 saturated heterocycles. The van der Waals surface area contributed by atoms with Gasteiger partial charge in [-0.05, 0) is 31.5 Å². The van der Waals surface area contributed by atoms with Gasteiger partial charge in [-0.15, -0.1) is 0 Å². The first-order chi connectivity index (χ1) is 9.76. The highest BCUT2D eigenvalue weighted by Crippen LogP contribution is 2.14. The molecule has 0 atom stereocenters. The first-order valence-electron chi connectivity index (χ1n) is 7.14. The van der Waals surface area contributed by atoms with Gasteiger partial charge in [0.05, 0.1) is 5.41 Å². The summed E-state index contributed by atoms with van der Waals surface area (Å²) >= 11 is 0. The fraction of sp³-hybridized carbons (Fsp3) is 0.500. The second-order valence-electron chi connectivity index (χ2n) is 6.11. The van der Waals surface area contributed by atoms with E-state index in [9.17, 15) is 9.59 Å². The van der Waals surface area contributed by atoms with E-state index in [0.29, 0.717) is 13.1 Å². The van der Waals surface area contributed by atoms with Crippen LogP contribution in [0.25, 0.3) is 0 Å². The predicted molar refractivity (Wildman–Crippen MR) is 84.6 cm³/mol. The van der Waals surface area contributed by atoms with Gasteiger partial charge in [-0.3, -0.25) is 9.59 Å². The second-order valence-corrected chi connectivity index (χ2v) is 6.11. The Bertz CT molecular complexity index is 493. The fourth-order valence-corrected chi connectivity index (χ4v) is 1.51. The Morgan fingerprint density at radius 3 is 2.24 bits per heavy atom. The standard InChI is InChI=1S/C16H25N3O2/c1-11(2)14(20)19-13-7-5-12(6-8-13)9-18-15(21)16(3,4)10-17/h5-8,11H,9-10,17H2,1-4H3,(H,18,21)(H,19,20). The lowest BCUT2D eigenvalue weighted by molar-refractivity contribution is -0.129. The number of hydrogen-bond acceptors (Lipinski definition) is 3. The number of nitrogens with two attached hydrogens (primary N) is 1. The minimum Gasteiger partial charge on any atom is -0.352 e. The molecule has 2 amide bonds. The van der Waals surface area contributed by atoms with Crippen LogP contribution in [0.5, 0.6) is 0 Å². The van der Waals surface area contributed by atoms with Gasteiger partial charge in [-0.2, -0.15) is 0 Å². The Hall–Kier alpha value is -1.88. The van der Waals surface area contributed by atoms with E-state index in [-0.39, 0.29) is 17.7 Å². The number of nitrogens with one attached hydrogen (secondary N) is 2. The predicted octanol–water partition coefficient (Wildman–Crippen LogP) is 1.88. The lowest BCUT2D eigenvalue weighted by Crippen LogP contribution is -2.41. The van der Waals surface area contributed by atoms with Crippen LogP contribution in [0.4, 0.5) is 5.69 Å². The maximum atomic E-state index is 11.9. The molecule has 0 saturated carbocycles. The fourth-order valence-electron chi connectivity index (χ4n) is 1.51. The van der Waals surface area contributed by atoms with Crippen molar-refractivity contribution in [2.75, 3.05) is 11.9 Å². The third-order valence-electron chi connectivity index (χ3n) is 3.32. The lowest BCUT2D eigenvalue weighted by Gasteiger charge is -2.21. The molecule has 0 fully saturated rings. The number of benzene rings is 1. The lowest BCUT2D eigenvalue weighted by atomic mass is 9.92. The summed E-state index contributed by atoms with van der Waals surface area (Å²) < 4.78 is 0. The summed E-state index contributed by atoms with van der Waals surface area (Å²) in [4.78, 5) is 23.5. The average Bonchev–Trinajstić information content (AvgIpc) is 2.45. The Labute approximate surface area is 126 Å². The molecule has 1 aromatic carbocycles. The van der Waals surface area contributed by atoms with E-state index in [2.05, 4.69) is 10.6 Å². The average molecular weight is 291 g/mol. The molecular formula is C16H25N3O2. The van der Waals surface area contributed by atoms with Crippen molar-refractivity contribution >= 4 is 17.5 Å². The smallest absolute Gasteiger partial charge is 0.227 e. The molecule has 1 aromatic rings. The molecule has 1 rings (SSSR count). The number of amides is 2. The molecule has 4 N–H and O–H groups in total. The van der Waals surface area contributed by atoms with Crippen LogP contribution in [0.3, 0.4) is 0 Å². The molecule has 116 valence electrons. The zero-order valence-electron chi connectivity index (χ0n) is 13.2. The molecule has 0 radical (unpaired) electrons. The third-order valence-corrected chi connectivity index (χ3v) is 3.32. The molecule has 0 aliphatic carbocycles. The topological polar surface area (TPSA) is 84.2 Å². The molecule has 0 spiro atoms. The van der Waals surface area contributed by atoms with Crippen LogP contribution < -0.4 is 16.4 Å². The van der Waals surface area contributed by atoms with Crippen molar-refractivity contribution < 1.29 is 9.59 Å². The Kier molecular flexibility index (Phi) is 5.90. The number of hydrogen-bond donors (Lipinski definition) is 3. The van der Waals surface area contributed by atoms with Crippen molar-refractivity contribution in [3.05, 3.63) is 29.8 Å². The van der Waals surface area contributed by atoms with Crippen LogP contribution in [-0.4, -0.2) is 18.4 Å². The molecule has 0 aromatic heterocycles. The van der Waals surface area contributed by atoms with Gasteiger partial charge in [0.15, 0.2) is 0 Å². The zero-order valence-corrected chi connectivity index (χ0v) is 13.2. The van der Waals surface area contributed by atoms with Crippen molar-refractivity contribution in [1.29, 1.82) is 0 Å². The van der Waals surface area contributed by atoms with Crippen molar-refractivity contribution in [1.82, 2.24) is 5.32 Å². The Morgan fingerprint density at radius 2 is 1.76 bits per heavy atom. The molecule has 0 unspecified atom stereocenters. The van der Waals surface area contributed by atoms with Crippen LogP contribution in [0.2, 0.25) is 0 Å². The normalized spacial score (nSPS) is 11.3. The van der Waals surface area contributed by atoms with Crippen LogP contribution in [0.1, 0.15) is 33.3 Å².